The zero-order valence-corrected chi connectivity index (χ0v) is 16.6. The van der Waals surface area contributed by atoms with Crippen LogP contribution in [0.4, 0.5) is 21.7 Å². The summed E-state index contributed by atoms with van der Waals surface area (Å²) >= 11 is 5.85. The molecule has 1 aliphatic heterocycles. The van der Waals surface area contributed by atoms with Gasteiger partial charge in [0.1, 0.15) is 29.5 Å². The molecular weight excluding hydrogens is 413 g/mol. The number of benzene rings is 1. The Kier molecular flexibility index (Phi) is 4.75. The molecule has 8 nitrogen and oxygen atoms in total. The molecule has 0 atom stereocenters. The molecule has 10 heteroatoms. The van der Waals surface area contributed by atoms with Gasteiger partial charge >= 0.3 is 5.97 Å². The van der Waals surface area contributed by atoms with Crippen LogP contribution in [-0.4, -0.2) is 39.0 Å². The first kappa shape index (κ1) is 19.6. The van der Waals surface area contributed by atoms with Crippen molar-refractivity contribution in [3.8, 4) is 0 Å². The predicted octanol–water partition coefficient (Wildman–Crippen LogP) is 3.86. The van der Waals surface area contributed by atoms with Crippen molar-refractivity contribution in [3.05, 3.63) is 63.9 Å². The lowest BCUT2D eigenvalue weighted by molar-refractivity contribution is -0.112. The first-order valence-electron chi connectivity index (χ1n) is 8.76. The van der Waals surface area contributed by atoms with Crippen LogP contribution in [0.5, 0.6) is 0 Å². The number of anilines is 3. The number of halogens is 2. The largest absolute Gasteiger partial charge is 0.477 e. The third-order valence-corrected chi connectivity index (χ3v) is 5.00. The Hall–Kier alpha value is -3.72. The van der Waals surface area contributed by atoms with Gasteiger partial charge in [-0.05, 0) is 42.8 Å². The fourth-order valence-electron chi connectivity index (χ4n) is 3.19. The van der Waals surface area contributed by atoms with Gasteiger partial charge in [0.25, 0.3) is 5.91 Å². The quantitative estimate of drug-likeness (QED) is 0.545. The SMILES string of the molecule is Cc1cc(C(=O)O)[nH]c1C=C1C(=O)N(C)c2ncnc(Nc3ccc(F)c(Cl)c3)c21. The monoisotopic (exact) mass is 427 g/mol. The molecule has 0 spiro atoms. The molecule has 3 heterocycles. The fourth-order valence-corrected chi connectivity index (χ4v) is 3.37. The number of carboxylic acid groups (broad SMARTS) is 1. The smallest absolute Gasteiger partial charge is 0.352 e. The van der Waals surface area contributed by atoms with Crippen molar-refractivity contribution < 1.29 is 19.1 Å². The van der Waals surface area contributed by atoms with E-state index in [0.717, 1.165) is 0 Å². The van der Waals surface area contributed by atoms with Crippen molar-refractivity contribution in [1.29, 1.82) is 0 Å². The van der Waals surface area contributed by atoms with Crippen molar-refractivity contribution in [2.24, 2.45) is 0 Å². The van der Waals surface area contributed by atoms with Gasteiger partial charge in [0.2, 0.25) is 0 Å². The van der Waals surface area contributed by atoms with E-state index in [-0.39, 0.29) is 22.2 Å². The molecule has 3 aromatic rings. The maximum Gasteiger partial charge on any atom is 0.352 e. The Bertz CT molecular complexity index is 1240. The number of carbonyl (C=O) groups excluding carboxylic acids is 1. The van der Waals surface area contributed by atoms with Crippen LogP contribution in [0.15, 0.2) is 30.6 Å². The van der Waals surface area contributed by atoms with E-state index in [2.05, 4.69) is 20.3 Å². The highest BCUT2D eigenvalue weighted by Crippen LogP contribution is 2.40. The summed E-state index contributed by atoms with van der Waals surface area (Å²) in [5.41, 5.74) is 2.37. The predicted molar refractivity (Wildman–Crippen MR) is 110 cm³/mol. The maximum absolute atomic E-state index is 13.5. The summed E-state index contributed by atoms with van der Waals surface area (Å²) in [5, 5.41) is 12.2. The number of aromatic nitrogens is 3. The molecule has 0 saturated carbocycles. The van der Waals surface area contributed by atoms with E-state index in [1.54, 1.807) is 20.0 Å². The molecule has 4 rings (SSSR count). The van der Waals surface area contributed by atoms with Crippen LogP contribution in [0, 0.1) is 12.7 Å². The zero-order chi connectivity index (χ0) is 21.6. The molecular formula is C20H15ClFN5O3. The van der Waals surface area contributed by atoms with Gasteiger partial charge in [0.15, 0.2) is 0 Å². The molecule has 30 heavy (non-hydrogen) atoms. The highest BCUT2D eigenvalue weighted by Gasteiger charge is 2.34. The number of amides is 1. The second-order valence-electron chi connectivity index (χ2n) is 6.68. The van der Waals surface area contributed by atoms with E-state index >= 15 is 0 Å². The van der Waals surface area contributed by atoms with Crippen LogP contribution >= 0.6 is 11.6 Å². The van der Waals surface area contributed by atoms with Gasteiger partial charge in [-0.2, -0.15) is 0 Å². The fraction of sp³-hybridized carbons (Fsp3) is 0.100. The average molecular weight is 428 g/mol. The number of aromatic amines is 1. The summed E-state index contributed by atoms with van der Waals surface area (Å²) < 4.78 is 13.5. The van der Waals surface area contributed by atoms with Crippen LogP contribution in [0.2, 0.25) is 5.02 Å². The number of carbonyl (C=O) groups is 2. The standard InChI is InChI=1S/C20H15ClFN5O3/c1-9-5-15(20(29)30)26-14(9)7-11-16-17(23-8-24-18(16)27(2)19(11)28)25-10-3-4-13(22)12(21)6-10/h3-8,26H,1-2H3,(H,29,30)(H,23,24,25). The summed E-state index contributed by atoms with van der Waals surface area (Å²) in [6.07, 6.45) is 2.88. The van der Waals surface area contributed by atoms with Gasteiger partial charge in [-0.15, -0.1) is 0 Å². The van der Waals surface area contributed by atoms with Gasteiger partial charge in [-0.3, -0.25) is 9.69 Å². The highest BCUT2D eigenvalue weighted by atomic mass is 35.5. The minimum absolute atomic E-state index is 0.0157. The van der Waals surface area contributed by atoms with E-state index in [1.165, 1.54) is 35.5 Å². The first-order chi connectivity index (χ1) is 14.3. The van der Waals surface area contributed by atoms with E-state index in [9.17, 15) is 19.1 Å². The lowest BCUT2D eigenvalue weighted by Gasteiger charge is -2.11. The van der Waals surface area contributed by atoms with Crippen LogP contribution in [0.25, 0.3) is 11.6 Å². The molecule has 0 fully saturated rings. The minimum Gasteiger partial charge on any atom is -0.477 e. The van der Waals surface area contributed by atoms with E-state index in [0.29, 0.717) is 34.1 Å². The van der Waals surface area contributed by atoms with Crippen LogP contribution in [0.3, 0.4) is 0 Å². The average Bonchev–Trinajstić information content (AvgIpc) is 3.19. The Labute approximate surface area is 175 Å². The minimum atomic E-state index is -1.10. The summed E-state index contributed by atoms with van der Waals surface area (Å²) in [4.78, 5) is 36.7. The summed E-state index contributed by atoms with van der Waals surface area (Å²) in [5.74, 6) is -1.26. The summed E-state index contributed by atoms with van der Waals surface area (Å²) in [6.45, 7) is 1.74. The van der Waals surface area contributed by atoms with Crippen molar-refractivity contribution in [2.75, 3.05) is 17.3 Å². The van der Waals surface area contributed by atoms with Gasteiger partial charge in [0.05, 0.1) is 16.2 Å². The van der Waals surface area contributed by atoms with Crippen LogP contribution in [-0.2, 0) is 4.79 Å². The first-order valence-corrected chi connectivity index (χ1v) is 9.14. The Balaban J connectivity index is 1.82. The van der Waals surface area contributed by atoms with E-state index < -0.39 is 11.8 Å². The Morgan fingerprint density at radius 2 is 2.10 bits per heavy atom. The Morgan fingerprint density at radius 1 is 1.33 bits per heavy atom. The number of rotatable bonds is 4. The normalized spacial score (nSPS) is 14.3. The third-order valence-electron chi connectivity index (χ3n) is 4.71. The number of hydrogen-bond acceptors (Lipinski definition) is 5. The Morgan fingerprint density at radius 3 is 2.77 bits per heavy atom. The summed E-state index contributed by atoms with van der Waals surface area (Å²) in [7, 11) is 1.58. The number of H-pyrrole nitrogens is 1. The molecule has 0 radical (unpaired) electrons. The molecule has 152 valence electrons. The zero-order valence-electron chi connectivity index (χ0n) is 15.8. The number of carboxylic acids is 1. The van der Waals surface area contributed by atoms with Crippen molar-refractivity contribution >= 4 is 52.4 Å². The molecule has 2 aromatic heterocycles. The molecule has 0 aliphatic carbocycles. The number of hydrogen-bond donors (Lipinski definition) is 3. The lowest BCUT2D eigenvalue weighted by atomic mass is 10.1. The van der Waals surface area contributed by atoms with Crippen LogP contribution in [0.1, 0.15) is 27.3 Å². The molecule has 1 aromatic carbocycles. The number of aromatic carboxylic acids is 1. The number of likely N-dealkylation sites (N-methyl/N-ethyl adjacent to an activating group) is 1. The third kappa shape index (κ3) is 3.29. The summed E-state index contributed by atoms with van der Waals surface area (Å²) in [6, 6.07) is 5.60. The lowest BCUT2D eigenvalue weighted by Crippen LogP contribution is -2.21. The molecule has 0 saturated heterocycles. The number of nitrogens with zero attached hydrogens (tertiary/aromatic N) is 3. The van der Waals surface area contributed by atoms with E-state index in [1.807, 2.05) is 0 Å². The number of nitrogens with one attached hydrogen (secondary N) is 2. The maximum atomic E-state index is 13.5. The van der Waals surface area contributed by atoms with Gasteiger partial charge in [-0.25, -0.2) is 19.2 Å². The second kappa shape index (κ2) is 7.27. The highest BCUT2D eigenvalue weighted by molar-refractivity contribution is 6.36. The van der Waals surface area contributed by atoms with Crippen molar-refractivity contribution in [3.63, 3.8) is 0 Å². The van der Waals surface area contributed by atoms with Crippen LogP contribution < -0.4 is 10.2 Å². The molecule has 1 aliphatic rings. The molecule has 0 unspecified atom stereocenters. The molecule has 3 N–H and O–H groups in total. The van der Waals surface area contributed by atoms with Crippen molar-refractivity contribution in [2.45, 2.75) is 6.92 Å². The topological polar surface area (TPSA) is 111 Å². The number of aryl methyl sites for hydroxylation is 1. The van der Waals surface area contributed by atoms with Gasteiger partial charge in [0, 0.05) is 18.4 Å². The van der Waals surface area contributed by atoms with Gasteiger partial charge in [-0.1, -0.05) is 11.6 Å². The second-order valence-corrected chi connectivity index (χ2v) is 7.09. The molecule has 0 bridgehead atoms. The van der Waals surface area contributed by atoms with Gasteiger partial charge < -0.3 is 15.4 Å². The van der Waals surface area contributed by atoms with Crippen molar-refractivity contribution in [1.82, 2.24) is 15.0 Å². The molecule has 1 amide bonds. The van der Waals surface area contributed by atoms with E-state index in [4.69, 9.17) is 11.6 Å². The number of fused-ring (bicyclic) bond motifs is 1.